The van der Waals surface area contributed by atoms with Gasteiger partial charge in [-0.1, -0.05) is 0 Å². The number of thiazole rings is 1. The maximum atomic E-state index is 12.2. The van der Waals surface area contributed by atoms with E-state index < -0.39 is 0 Å². The summed E-state index contributed by atoms with van der Waals surface area (Å²) in [5.74, 6) is 0.0400. The Morgan fingerprint density at radius 2 is 2.18 bits per heavy atom. The molecule has 2 aliphatic rings. The first-order chi connectivity index (χ1) is 10.7. The molecule has 0 radical (unpaired) electrons. The highest BCUT2D eigenvalue weighted by Crippen LogP contribution is 2.16. The standard InChI is InChI=1S/C14H20N4O3S/c19-12(16-14-15-3-9-22-14)10-17-4-6-18(7-5-17)13(20)11-2-1-8-21-11/h3,9,11H,1-2,4-8,10H2,(H,15,16,19)/t11-/m0/s1. The van der Waals surface area contributed by atoms with Crippen LogP contribution in [0.4, 0.5) is 5.13 Å². The molecular formula is C14H20N4O3S. The Labute approximate surface area is 133 Å². The van der Waals surface area contributed by atoms with Crippen molar-refractivity contribution in [3.8, 4) is 0 Å². The van der Waals surface area contributed by atoms with E-state index >= 15 is 0 Å². The quantitative estimate of drug-likeness (QED) is 0.868. The van der Waals surface area contributed by atoms with Crippen LogP contribution in [-0.2, 0) is 14.3 Å². The number of nitrogens with zero attached hydrogens (tertiary/aromatic N) is 3. The summed E-state index contributed by atoms with van der Waals surface area (Å²) in [5, 5.41) is 5.22. The van der Waals surface area contributed by atoms with E-state index in [4.69, 9.17) is 4.74 Å². The number of carbonyl (C=O) groups is 2. The lowest BCUT2D eigenvalue weighted by molar-refractivity contribution is -0.142. The Kier molecular flexibility index (Phi) is 5.01. The normalized spacial score (nSPS) is 22.7. The number of rotatable bonds is 4. The zero-order valence-electron chi connectivity index (χ0n) is 12.4. The zero-order valence-corrected chi connectivity index (χ0v) is 13.2. The van der Waals surface area contributed by atoms with Crippen molar-refractivity contribution >= 4 is 28.3 Å². The second-order valence-electron chi connectivity index (χ2n) is 5.49. The third kappa shape index (κ3) is 3.82. The number of aromatic nitrogens is 1. The van der Waals surface area contributed by atoms with Gasteiger partial charge in [0, 0.05) is 44.4 Å². The molecule has 22 heavy (non-hydrogen) atoms. The van der Waals surface area contributed by atoms with Gasteiger partial charge < -0.3 is 15.0 Å². The van der Waals surface area contributed by atoms with Gasteiger partial charge in [0.15, 0.2) is 5.13 Å². The highest BCUT2D eigenvalue weighted by Gasteiger charge is 2.30. The summed E-state index contributed by atoms with van der Waals surface area (Å²) in [7, 11) is 0. The molecule has 3 rings (SSSR count). The molecule has 1 aromatic rings. The smallest absolute Gasteiger partial charge is 0.251 e. The molecule has 0 bridgehead atoms. The van der Waals surface area contributed by atoms with Gasteiger partial charge in [-0.2, -0.15) is 0 Å². The summed E-state index contributed by atoms with van der Waals surface area (Å²) in [6, 6.07) is 0. The van der Waals surface area contributed by atoms with Crippen LogP contribution in [0.5, 0.6) is 0 Å². The van der Waals surface area contributed by atoms with Gasteiger partial charge >= 0.3 is 0 Å². The molecule has 0 spiro atoms. The van der Waals surface area contributed by atoms with Crippen molar-refractivity contribution in [1.29, 1.82) is 0 Å². The van der Waals surface area contributed by atoms with E-state index in [1.807, 2.05) is 10.3 Å². The molecule has 1 atom stereocenters. The van der Waals surface area contributed by atoms with Crippen LogP contribution in [0.1, 0.15) is 12.8 Å². The first-order valence-corrected chi connectivity index (χ1v) is 8.42. The first-order valence-electron chi connectivity index (χ1n) is 7.54. The van der Waals surface area contributed by atoms with Crippen LogP contribution >= 0.6 is 11.3 Å². The maximum absolute atomic E-state index is 12.2. The summed E-state index contributed by atoms with van der Waals surface area (Å²) in [5.41, 5.74) is 0. The minimum absolute atomic E-state index is 0.0612. The summed E-state index contributed by atoms with van der Waals surface area (Å²) >= 11 is 1.40. The molecular weight excluding hydrogens is 304 g/mol. The van der Waals surface area contributed by atoms with Crippen molar-refractivity contribution in [2.45, 2.75) is 18.9 Å². The number of hydrogen-bond acceptors (Lipinski definition) is 6. The zero-order chi connectivity index (χ0) is 15.4. The number of nitrogens with one attached hydrogen (secondary N) is 1. The van der Waals surface area contributed by atoms with E-state index in [2.05, 4.69) is 15.2 Å². The molecule has 2 saturated heterocycles. The van der Waals surface area contributed by atoms with Crippen molar-refractivity contribution in [2.75, 3.05) is 44.6 Å². The SMILES string of the molecule is O=C(CN1CCN(C(=O)[C@@H]2CCCO2)CC1)Nc1nccs1. The van der Waals surface area contributed by atoms with Gasteiger partial charge in [-0.3, -0.25) is 14.5 Å². The van der Waals surface area contributed by atoms with E-state index in [1.54, 1.807) is 6.20 Å². The number of anilines is 1. The molecule has 120 valence electrons. The van der Waals surface area contributed by atoms with Gasteiger partial charge in [-0.15, -0.1) is 11.3 Å². The maximum Gasteiger partial charge on any atom is 0.251 e. The fourth-order valence-electron chi connectivity index (χ4n) is 2.75. The second kappa shape index (κ2) is 7.17. The molecule has 2 amide bonds. The van der Waals surface area contributed by atoms with Gasteiger partial charge in [-0.05, 0) is 12.8 Å². The number of carbonyl (C=O) groups excluding carboxylic acids is 2. The van der Waals surface area contributed by atoms with Gasteiger partial charge in [0.05, 0.1) is 6.54 Å². The summed E-state index contributed by atoms with van der Waals surface area (Å²) in [4.78, 5) is 32.1. The Balaban J connectivity index is 1.41. The lowest BCUT2D eigenvalue weighted by Crippen LogP contribution is -2.52. The molecule has 2 aliphatic heterocycles. The highest BCUT2D eigenvalue weighted by atomic mass is 32.1. The van der Waals surface area contributed by atoms with Crippen LogP contribution in [-0.4, -0.2) is 72.0 Å². The molecule has 0 aromatic carbocycles. The van der Waals surface area contributed by atoms with Gasteiger partial charge in [-0.25, -0.2) is 4.98 Å². The van der Waals surface area contributed by atoms with Gasteiger partial charge in [0.25, 0.3) is 5.91 Å². The molecule has 7 nitrogen and oxygen atoms in total. The van der Waals surface area contributed by atoms with Crippen LogP contribution < -0.4 is 5.32 Å². The van der Waals surface area contributed by atoms with Crippen molar-refractivity contribution in [3.63, 3.8) is 0 Å². The van der Waals surface area contributed by atoms with Gasteiger partial charge in [0.2, 0.25) is 5.91 Å². The van der Waals surface area contributed by atoms with Crippen LogP contribution in [0, 0.1) is 0 Å². The minimum atomic E-state index is -0.250. The van der Waals surface area contributed by atoms with Crippen molar-refractivity contribution in [1.82, 2.24) is 14.8 Å². The Bertz CT molecular complexity index is 508. The van der Waals surface area contributed by atoms with Crippen LogP contribution in [0.25, 0.3) is 0 Å². The molecule has 1 N–H and O–H groups in total. The van der Waals surface area contributed by atoms with E-state index in [9.17, 15) is 9.59 Å². The minimum Gasteiger partial charge on any atom is -0.368 e. The topological polar surface area (TPSA) is 74.8 Å². The average Bonchev–Trinajstić information content (AvgIpc) is 3.20. The van der Waals surface area contributed by atoms with Gasteiger partial charge in [0.1, 0.15) is 6.10 Å². The molecule has 8 heteroatoms. The third-order valence-corrected chi connectivity index (χ3v) is 4.62. The average molecular weight is 324 g/mol. The summed E-state index contributed by atoms with van der Waals surface area (Å²) in [6.45, 7) is 3.76. The van der Waals surface area contributed by atoms with Crippen molar-refractivity contribution < 1.29 is 14.3 Å². The molecule has 0 saturated carbocycles. The predicted molar refractivity (Wildman–Crippen MR) is 82.7 cm³/mol. The number of hydrogen-bond donors (Lipinski definition) is 1. The summed E-state index contributed by atoms with van der Waals surface area (Å²) in [6.07, 6.45) is 3.21. The molecule has 3 heterocycles. The summed E-state index contributed by atoms with van der Waals surface area (Å²) < 4.78 is 5.44. The lowest BCUT2D eigenvalue weighted by Gasteiger charge is -2.35. The third-order valence-electron chi connectivity index (χ3n) is 3.93. The van der Waals surface area contributed by atoms with E-state index in [0.29, 0.717) is 44.5 Å². The van der Waals surface area contributed by atoms with E-state index in [-0.39, 0.29) is 17.9 Å². The first kappa shape index (κ1) is 15.4. The lowest BCUT2D eigenvalue weighted by atomic mass is 10.2. The number of amides is 2. The van der Waals surface area contributed by atoms with Crippen molar-refractivity contribution in [3.05, 3.63) is 11.6 Å². The monoisotopic (exact) mass is 324 g/mol. The van der Waals surface area contributed by atoms with Crippen LogP contribution in [0.15, 0.2) is 11.6 Å². The molecule has 0 aliphatic carbocycles. The van der Waals surface area contributed by atoms with E-state index in [0.717, 1.165) is 12.8 Å². The number of piperazine rings is 1. The second-order valence-corrected chi connectivity index (χ2v) is 6.38. The molecule has 2 fully saturated rings. The molecule has 1 aromatic heterocycles. The van der Waals surface area contributed by atoms with Crippen molar-refractivity contribution in [2.24, 2.45) is 0 Å². The Morgan fingerprint density at radius 3 is 2.82 bits per heavy atom. The highest BCUT2D eigenvalue weighted by molar-refractivity contribution is 7.13. The number of ether oxygens (including phenoxy) is 1. The predicted octanol–water partition coefficient (Wildman–Crippen LogP) is 0.405. The fraction of sp³-hybridized carbons (Fsp3) is 0.643. The van der Waals surface area contributed by atoms with E-state index in [1.165, 1.54) is 11.3 Å². The molecule has 0 unspecified atom stereocenters. The van der Waals surface area contributed by atoms with Crippen LogP contribution in [0.3, 0.4) is 0 Å². The largest absolute Gasteiger partial charge is 0.368 e. The Morgan fingerprint density at radius 1 is 1.36 bits per heavy atom. The fourth-order valence-corrected chi connectivity index (χ4v) is 3.29. The Hall–Kier alpha value is -1.51. The van der Waals surface area contributed by atoms with Crippen LogP contribution in [0.2, 0.25) is 0 Å².